The number of rotatable bonds is 2. The summed E-state index contributed by atoms with van der Waals surface area (Å²) in [5.41, 5.74) is 0.212. The van der Waals surface area contributed by atoms with Crippen molar-refractivity contribution >= 4 is 0 Å². The van der Waals surface area contributed by atoms with Crippen LogP contribution in [0, 0.1) is 5.92 Å². The second-order valence-electron chi connectivity index (χ2n) is 4.90. The number of aliphatic hydroxyl groups is 1. The lowest BCUT2D eigenvalue weighted by molar-refractivity contribution is 0.0296. The van der Waals surface area contributed by atoms with E-state index in [0.29, 0.717) is 18.6 Å². The summed E-state index contributed by atoms with van der Waals surface area (Å²) in [6, 6.07) is 0. The molecule has 3 atom stereocenters. The molecule has 3 nitrogen and oxygen atoms in total. The van der Waals surface area contributed by atoms with Crippen LogP contribution in [0.25, 0.3) is 0 Å². The summed E-state index contributed by atoms with van der Waals surface area (Å²) in [5.74, 6) is 0.486. The molecular weight excluding hydrogens is 178 g/mol. The zero-order valence-electron chi connectivity index (χ0n) is 9.20. The Kier molecular flexibility index (Phi) is 2.82. The first-order valence-electron chi connectivity index (χ1n) is 5.64. The van der Waals surface area contributed by atoms with Gasteiger partial charge in [-0.25, -0.2) is 0 Å². The molecule has 0 spiro atoms. The lowest BCUT2D eigenvalue weighted by Crippen LogP contribution is -2.49. The first-order valence-corrected chi connectivity index (χ1v) is 5.64. The van der Waals surface area contributed by atoms with Crippen LogP contribution in [0.3, 0.4) is 0 Å². The first kappa shape index (κ1) is 10.4. The van der Waals surface area contributed by atoms with E-state index in [4.69, 9.17) is 9.84 Å². The van der Waals surface area contributed by atoms with Gasteiger partial charge in [0.25, 0.3) is 0 Å². The summed E-state index contributed by atoms with van der Waals surface area (Å²) in [7, 11) is 0. The zero-order valence-corrected chi connectivity index (χ0v) is 9.20. The van der Waals surface area contributed by atoms with Gasteiger partial charge >= 0.3 is 0 Å². The molecule has 0 saturated carbocycles. The van der Waals surface area contributed by atoms with Crippen LogP contribution in [0.2, 0.25) is 0 Å². The fourth-order valence-corrected chi connectivity index (χ4v) is 2.69. The van der Waals surface area contributed by atoms with E-state index in [1.807, 2.05) is 0 Å². The van der Waals surface area contributed by atoms with Crippen LogP contribution in [0.4, 0.5) is 0 Å². The van der Waals surface area contributed by atoms with Crippen LogP contribution in [0.15, 0.2) is 0 Å². The van der Waals surface area contributed by atoms with Crippen LogP contribution >= 0.6 is 0 Å². The SMILES string of the molecule is CC1OCCC1(C)N1CCC(CO)C1. The number of hydrogen-bond donors (Lipinski definition) is 1. The fourth-order valence-electron chi connectivity index (χ4n) is 2.69. The van der Waals surface area contributed by atoms with Crippen LogP contribution in [-0.2, 0) is 4.74 Å². The molecule has 2 saturated heterocycles. The third kappa shape index (κ3) is 1.58. The van der Waals surface area contributed by atoms with Crippen molar-refractivity contribution in [1.29, 1.82) is 0 Å². The third-order valence-electron chi connectivity index (χ3n) is 4.12. The predicted octanol–water partition coefficient (Wildman–Crippen LogP) is 0.868. The Morgan fingerprint density at radius 1 is 1.57 bits per heavy atom. The van der Waals surface area contributed by atoms with E-state index in [1.165, 1.54) is 0 Å². The lowest BCUT2D eigenvalue weighted by atomic mass is 9.92. The highest BCUT2D eigenvalue weighted by molar-refractivity contribution is 4.98. The quantitative estimate of drug-likeness (QED) is 0.716. The number of likely N-dealkylation sites (tertiary alicyclic amines) is 1. The lowest BCUT2D eigenvalue weighted by Gasteiger charge is -2.37. The number of ether oxygens (including phenoxy) is 1. The molecule has 2 aliphatic rings. The molecule has 3 unspecified atom stereocenters. The van der Waals surface area contributed by atoms with Crippen molar-refractivity contribution in [3.05, 3.63) is 0 Å². The molecule has 2 rings (SSSR count). The maximum absolute atomic E-state index is 9.12. The Hall–Kier alpha value is -0.120. The Balaban J connectivity index is 2.01. The fraction of sp³-hybridized carbons (Fsp3) is 1.00. The van der Waals surface area contributed by atoms with E-state index in [-0.39, 0.29) is 5.54 Å². The van der Waals surface area contributed by atoms with Gasteiger partial charge in [-0.1, -0.05) is 0 Å². The average molecular weight is 199 g/mol. The van der Waals surface area contributed by atoms with Gasteiger partial charge in [0.05, 0.1) is 6.10 Å². The van der Waals surface area contributed by atoms with Crippen LogP contribution in [0.5, 0.6) is 0 Å². The van der Waals surface area contributed by atoms with E-state index in [1.54, 1.807) is 0 Å². The van der Waals surface area contributed by atoms with Gasteiger partial charge in [0.2, 0.25) is 0 Å². The number of nitrogens with zero attached hydrogens (tertiary/aromatic N) is 1. The van der Waals surface area contributed by atoms with Gasteiger partial charge in [0.1, 0.15) is 0 Å². The monoisotopic (exact) mass is 199 g/mol. The molecule has 0 amide bonds. The molecule has 2 fully saturated rings. The molecule has 0 aromatic heterocycles. The van der Waals surface area contributed by atoms with Crippen molar-refractivity contribution in [3.63, 3.8) is 0 Å². The average Bonchev–Trinajstić information content (AvgIpc) is 2.75. The minimum Gasteiger partial charge on any atom is -0.396 e. The Morgan fingerprint density at radius 3 is 2.86 bits per heavy atom. The Morgan fingerprint density at radius 2 is 2.36 bits per heavy atom. The standard InChI is InChI=1S/C11H21NO2/c1-9-11(2,4-6-14-9)12-5-3-10(7-12)8-13/h9-10,13H,3-8H2,1-2H3. The van der Waals surface area contributed by atoms with Crippen molar-refractivity contribution in [3.8, 4) is 0 Å². The highest BCUT2D eigenvalue weighted by Gasteiger charge is 2.44. The minimum atomic E-state index is 0.212. The highest BCUT2D eigenvalue weighted by Crippen LogP contribution is 2.35. The Labute approximate surface area is 86.0 Å². The summed E-state index contributed by atoms with van der Waals surface area (Å²) in [6.07, 6.45) is 2.60. The highest BCUT2D eigenvalue weighted by atomic mass is 16.5. The third-order valence-corrected chi connectivity index (χ3v) is 4.12. The van der Waals surface area contributed by atoms with Crippen LogP contribution in [0.1, 0.15) is 26.7 Å². The normalized spacial score (nSPS) is 44.8. The van der Waals surface area contributed by atoms with E-state index >= 15 is 0 Å². The van der Waals surface area contributed by atoms with E-state index in [2.05, 4.69) is 18.7 Å². The second-order valence-corrected chi connectivity index (χ2v) is 4.90. The van der Waals surface area contributed by atoms with Gasteiger partial charge in [0, 0.05) is 25.3 Å². The molecule has 0 aliphatic carbocycles. The molecule has 82 valence electrons. The summed E-state index contributed by atoms with van der Waals surface area (Å²) in [5, 5.41) is 9.12. The summed E-state index contributed by atoms with van der Waals surface area (Å²) in [4.78, 5) is 2.51. The number of hydrogen-bond acceptors (Lipinski definition) is 3. The van der Waals surface area contributed by atoms with E-state index < -0.39 is 0 Å². The number of aliphatic hydroxyl groups excluding tert-OH is 1. The molecule has 2 heterocycles. The summed E-state index contributed by atoms with van der Waals surface area (Å²) in [6.45, 7) is 7.85. The van der Waals surface area contributed by atoms with Gasteiger partial charge in [0.15, 0.2) is 0 Å². The topological polar surface area (TPSA) is 32.7 Å². The molecule has 0 aromatic carbocycles. The van der Waals surface area contributed by atoms with Crippen molar-refractivity contribution in [2.45, 2.75) is 38.3 Å². The predicted molar refractivity (Wildman–Crippen MR) is 55.2 cm³/mol. The Bertz CT molecular complexity index is 209. The van der Waals surface area contributed by atoms with Gasteiger partial charge in [-0.15, -0.1) is 0 Å². The minimum absolute atomic E-state index is 0.212. The summed E-state index contributed by atoms with van der Waals surface area (Å²) >= 11 is 0. The van der Waals surface area contributed by atoms with Crippen molar-refractivity contribution in [2.75, 3.05) is 26.3 Å². The van der Waals surface area contributed by atoms with Gasteiger partial charge in [-0.05, 0) is 39.2 Å². The molecular formula is C11H21NO2. The van der Waals surface area contributed by atoms with Crippen molar-refractivity contribution in [1.82, 2.24) is 4.90 Å². The van der Waals surface area contributed by atoms with E-state index in [0.717, 1.165) is 32.5 Å². The van der Waals surface area contributed by atoms with Gasteiger partial charge in [-0.3, -0.25) is 4.90 Å². The molecule has 14 heavy (non-hydrogen) atoms. The van der Waals surface area contributed by atoms with Crippen molar-refractivity contribution < 1.29 is 9.84 Å². The van der Waals surface area contributed by atoms with Crippen molar-refractivity contribution in [2.24, 2.45) is 5.92 Å². The molecule has 3 heteroatoms. The first-order chi connectivity index (χ1) is 6.66. The molecule has 0 aromatic rings. The summed E-state index contributed by atoms with van der Waals surface area (Å²) < 4.78 is 5.65. The maximum atomic E-state index is 9.12. The van der Waals surface area contributed by atoms with Gasteiger partial charge in [-0.2, -0.15) is 0 Å². The largest absolute Gasteiger partial charge is 0.396 e. The molecule has 1 N–H and O–H groups in total. The van der Waals surface area contributed by atoms with Crippen LogP contribution < -0.4 is 0 Å². The second kappa shape index (κ2) is 3.80. The van der Waals surface area contributed by atoms with Crippen LogP contribution in [-0.4, -0.2) is 48.0 Å². The molecule has 0 bridgehead atoms. The molecule has 2 aliphatic heterocycles. The van der Waals surface area contributed by atoms with E-state index in [9.17, 15) is 0 Å². The van der Waals surface area contributed by atoms with Gasteiger partial charge < -0.3 is 9.84 Å². The smallest absolute Gasteiger partial charge is 0.0728 e. The molecule has 0 radical (unpaired) electrons. The zero-order chi connectivity index (χ0) is 10.2. The maximum Gasteiger partial charge on any atom is 0.0728 e.